The first-order valence-corrected chi connectivity index (χ1v) is 9.43. The van der Waals surface area contributed by atoms with E-state index in [0.717, 1.165) is 13.1 Å². The molecule has 2 aliphatic heterocycles. The van der Waals surface area contributed by atoms with Crippen molar-refractivity contribution in [2.24, 2.45) is 0 Å². The number of benzene rings is 2. The number of likely N-dealkylation sites (tertiary alicyclic amines) is 1. The number of nitrogens with one attached hydrogen (secondary N) is 1. The number of allylic oxidation sites excluding steroid dienone is 1. The van der Waals surface area contributed by atoms with E-state index in [0.29, 0.717) is 40.5 Å². The SMILES string of the molecule is COc1ccc(/C=C2\Oc3c(ccc([O-])c3C[NH+]3CCCC3)C2=O)c(OC)c1. The lowest BCUT2D eigenvalue weighted by Crippen LogP contribution is -3.08. The third-order valence-corrected chi connectivity index (χ3v) is 5.36. The van der Waals surface area contributed by atoms with Crippen LogP contribution in [0.25, 0.3) is 6.08 Å². The molecule has 6 heteroatoms. The lowest BCUT2D eigenvalue weighted by molar-refractivity contribution is -0.901. The highest BCUT2D eigenvalue weighted by molar-refractivity contribution is 6.15. The van der Waals surface area contributed by atoms with Crippen molar-refractivity contribution in [1.29, 1.82) is 0 Å². The Balaban J connectivity index is 1.68. The molecule has 0 amide bonds. The van der Waals surface area contributed by atoms with Crippen LogP contribution in [0.15, 0.2) is 36.1 Å². The number of Topliss-reactive ketones (excluding diaryl/α,β-unsaturated/α-hetero) is 1. The first kappa shape index (κ1) is 18.4. The van der Waals surface area contributed by atoms with Crippen LogP contribution in [0.4, 0.5) is 0 Å². The molecule has 28 heavy (non-hydrogen) atoms. The van der Waals surface area contributed by atoms with Gasteiger partial charge in [0.15, 0.2) is 5.76 Å². The maximum atomic E-state index is 12.9. The molecule has 1 N–H and O–H groups in total. The van der Waals surface area contributed by atoms with Crippen molar-refractivity contribution >= 4 is 11.9 Å². The molecule has 0 atom stereocenters. The largest absolute Gasteiger partial charge is 0.872 e. The van der Waals surface area contributed by atoms with Crippen LogP contribution in [-0.2, 0) is 6.54 Å². The van der Waals surface area contributed by atoms with Crippen LogP contribution in [0.2, 0.25) is 0 Å². The van der Waals surface area contributed by atoms with Crippen molar-refractivity contribution in [1.82, 2.24) is 0 Å². The Morgan fingerprint density at radius 3 is 2.64 bits per heavy atom. The second-order valence-electron chi connectivity index (χ2n) is 7.10. The van der Waals surface area contributed by atoms with E-state index in [1.54, 1.807) is 44.6 Å². The van der Waals surface area contributed by atoms with Gasteiger partial charge < -0.3 is 24.2 Å². The summed E-state index contributed by atoms with van der Waals surface area (Å²) in [4.78, 5) is 14.2. The number of quaternary nitrogens is 1. The van der Waals surface area contributed by atoms with Gasteiger partial charge in [-0.1, -0.05) is 11.8 Å². The van der Waals surface area contributed by atoms with Crippen molar-refractivity contribution in [2.45, 2.75) is 19.4 Å². The molecule has 0 unspecified atom stereocenters. The molecule has 4 rings (SSSR count). The molecule has 2 heterocycles. The van der Waals surface area contributed by atoms with E-state index in [2.05, 4.69) is 0 Å². The van der Waals surface area contributed by atoms with E-state index in [4.69, 9.17) is 14.2 Å². The molecule has 0 bridgehead atoms. The van der Waals surface area contributed by atoms with Gasteiger partial charge in [0.2, 0.25) is 5.78 Å². The summed E-state index contributed by atoms with van der Waals surface area (Å²) in [5.41, 5.74) is 1.74. The zero-order valence-corrected chi connectivity index (χ0v) is 16.0. The summed E-state index contributed by atoms with van der Waals surface area (Å²) in [6, 6.07) is 8.38. The maximum Gasteiger partial charge on any atom is 0.231 e. The Kier molecular flexibility index (Phi) is 4.96. The van der Waals surface area contributed by atoms with Crippen molar-refractivity contribution in [3.05, 3.63) is 52.8 Å². The molecule has 0 aromatic heterocycles. The molecule has 2 aromatic rings. The standard InChI is InChI=1S/C22H23NO5/c1-26-15-6-5-14(19(12-15)27-2)11-20-21(25)16-7-8-18(24)17(22(16)28-20)13-23-9-3-4-10-23/h5-8,11-12,24H,3-4,9-10,13H2,1-2H3/b20-11-. The average Bonchev–Trinajstić information content (AvgIpc) is 3.33. The Labute approximate surface area is 163 Å². The molecule has 1 fully saturated rings. The van der Waals surface area contributed by atoms with Crippen molar-refractivity contribution in [3.8, 4) is 23.0 Å². The third-order valence-electron chi connectivity index (χ3n) is 5.36. The number of ketones is 1. The number of fused-ring (bicyclic) bond motifs is 1. The molecule has 2 aromatic carbocycles. The van der Waals surface area contributed by atoms with Crippen LogP contribution in [-0.4, -0.2) is 33.1 Å². The van der Waals surface area contributed by atoms with Crippen LogP contribution in [0.5, 0.6) is 23.0 Å². The second kappa shape index (κ2) is 7.56. The van der Waals surface area contributed by atoms with Gasteiger partial charge in [-0.2, -0.15) is 0 Å². The van der Waals surface area contributed by atoms with E-state index in [-0.39, 0.29) is 17.3 Å². The molecule has 146 valence electrons. The lowest BCUT2D eigenvalue weighted by Gasteiger charge is -2.19. The summed E-state index contributed by atoms with van der Waals surface area (Å²) in [5, 5.41) is 12.5. The first-order valence-electron chi connectivity index (χ1n) is 9.43. The Bertz CT molecular complexity index is 944. The minimum Gasteiger partial charge on any atom is -0.872 e. The van der Waals surface area contributed by atoms with Gasteiger partial charge in [0.25, 0.3) is 0 Å². The van der Waals surface area contributed by atoms with Crippen LogP contribution in [0.3, 0.4) is 0 Å². The average molecular weight is 381 g/mol. The lowest BCUT2D eigenvalue weighted by atomic mass is 10.0. The fourth-order valence-corrected chi connectivity index (χ4v) is 3.84. The Morgan fingerprint density at radius 2 is 1.93 bits per heavy atom. The summed E-state index contributed by atoms with van der Waals surface area (Å²) in [5.74, 6) is 1.55. The molecule has 6 nitrogen and oxygen atoms in total. The molecule has 1 saturated heterocycles. The molecule has 0 saturated carbocycles. The van der Waals surface area contributed by atoms with E-state index in [1.165, 1.54) is 23.8 Å². The van der Waals surface area contributed by atoms with Gasteiger partial charge in [-0.15, -0.1) is 0 Å². The third kappa shape index (κ3) is 3.31. The summed E-state index contributed by atoms with van der Waals surface area (Å²) >= 11 is 0. The minimum absolute atomic E-state index is 0.0748. The number of methoxy groups -OCH3 is 2. The summed E-state index contributed by atoms with van der Waals surface area (Å²) in [7, 11) is 3.14. The maximum absolute atomic E-state index is 12.9. The molecule has 0 spiro atoms. The number of hydrogen-bond acceptors (Lipinski definition) is 5. The number of carbonyl (C=O) groups is 1. The predicted molar refractivity (Wildman–Crippen MR) is 102 cm³/mol. The monoisotopic (exact) mass is 381 g/mol. The van der Waals surface area contributed by atoms with Gasteiger partial charge in [0, 0.05) is 30.0 Å². The number of hydrogen-bond donors (Lipinski definition) is 1. The van der Waals surface area contributed by atoms with Gasteiger partial charge in [0.05, 0.1) is 32.9 Å². The molecular formula is C22H23NO5. The smallest absolute Gasteiger partial charge is 0.231 e. The van der Waals surface area contributed by atoms with E-state index in [9.17, 15) is 9.90 Å². The zero-order chi connectivity index (χ0) is 19.7. The molecule has 0 aliphatic carbocycles. The van der Waals surface area contributed by atoms with E-state index in [1.807, 2.05) is 0 Å². The highest BCUT2D eigenvalue weighted by Crippen LogP contribution is 2.39. The highest BCUT2D eigenvalue weighted by atomic mass is 16.5. The van der Waals surface area contributed by atoms with Gasteiger partial charge in [0.1, 0.15) is 23.8 Å². The van der Waals surface area contributed by atoms with Gasteiger partial charge in [-0.3, -0.25) is 4.79 Å². The van der Waals surface area contributed by atoms with Crippen molar-refractivity contribution in [3.63, 3.8) is 0 Å². The molecule has 0 radical (unpaired) electrons. The van der Waals surface area contributed by atoms with Crippen molar-refractivity contribution in [2.75, 3.05) is 27.3 Å². The topological polar surface area (TPSA) is 72.3 Å². The van der Waals surface area contributed by atoms with Crippen LogP contribution in [0.1, 0.15) is 34.3 Å². The van der Waals surface area contributed by atoms with E-state index >= 15 is 0 Å². The van der Waals surface area contributed by atoms with Crippen LogP contribution < -0.4 is 24.2 Å². The second-order valence-corrected chi connectivity index (χ2v) is 7.10. The highest BCUT2D eigenvalue weighted by Gasteiger charge is 2.31. The Hall–Kier alpha value is -2.99. The molecule has 2 aliphatic rings. The number of carbonyl (C=O) groups excluding carboxylic acids is 1. The summed E-state index contributed by atoms with van der Waals surface area (Å²) < 4.78 is 16.5. The molecular weight excluding hydrogens is 358 g/mol. The fraction of sp³-hybridized carbons (Fsp3) is 0.318. The Morgan fingerprint density at radius 1 is 1.14 bits per heavy atom. The van der Waals surface area contributed by atoms with Gasteiger partial charge >= 0.3 is 0 Å². The fourth-order valence-electron chi connectivity index (χ4n) is 3.84. The normalized spacial score (nSPS) is 17.6. The van der Waals surface area contributed by atoms with Crippen molar-refractivity contribution < 1.29 is 29.0 Å². The van der Waals surface area contributed by atoms with Gasteiger partial charge in [-0.05, 0) is 24.3 Å². The van der Waals surface area contributed by atoms with Crippen LogP contribution in [0, 0.1) is 0 Å². The number of rotatable bonds is 5. The summed E-state index contributed by atoms with van der Waals surface area (Å²) in [6.45, 7) is 2.68. The van der Waals surface area contributed by atoms with Crippen LogP contribution >= 0.6 is 0 Å². The predicted octanol–water partition coefficient (Wildman–Crippen LogP) is 1.57. The quantitative estimate of drug-likeness (QED) is 0.796. The summed E-state index contributed by atoms with van der Waals surface area (Å²) in [6.07, 6.45) is 3.99. The van der Waals surface area contributed by atoms with Gasteiger partial charge in [-0.25, -0.2) is 0 Å². The number of ether oxygens (including phenoxy) is 3. The minimum atomic E-state index is -0.217. The van der Waals surface area contributed by atoms with E-state index < -0.39 is 0 Å². The zero-order valence-electron chi connectivity index (χ0n) is 16.0. The first-order chi connectivity index (χ1) is 13.6.